The highest BCUT2D eigenvalue weighted by molar-refractivity contribution is 8.17. The van der Waals surface area contributed by atoms with Gasteiger partial charge in [-0.1, -0.05) is 0 Å². The van der Waals surface area contributed by atoms with Crippen molar-refractivity contribution in [2.24, 2.45) is 0 Å². The van der Waals surface area contributed by atoms with Crippen LogP contribution in [0.2, 0.25) is 0 Å². The normalized spacial score (nSPS) is 16.7. The van der Waals surface area contributed by atoms with E-state index >= 15 is 0 Å². The van der Waals surface area contributed by atoms with Crippen LogP contribution in [0.5, 0.6) is 0 Å². The lowest BCUT2D eigenvalue weighted by Crippen LogP contribution is -2.16. The molecule has 0 aromatic heterocycles. The Labute approximate surface area is 59.1 Å². The number of hydrogen-bond donors (Lipinski definition) is 3. The van der Waals surface area contributed by atoms with Gasteiger partial charge in [0.1, 0.15) is 9.58 Å². The van der Waals surface area contributed by atoms with Gasteiger partial charge in [-0.15, -0.1) is 37.9 Å². The Kier molecular flexibility index (Phi) is 2.86. The summed E-state index contributed by atoms with van der Waals surface area (Å²) in [5, 5.41) is 0. The zero-order valence-electron chi connectivity index (χ0n) is 3.80. The predicted octanol–water partition coefficient (Wildman–Crippen LogP) is 1.79. The number of hydrogen-bond acceptors (Lipinski definition) is 3. The molecule has 44 valence electrons. The first-order valence-corrected chi connectivity index (χ1v) is 3.10. The molecule has 0 amide bonds. The van der Waals surface area contributed by atoms with Crippen LogP contribution in [0.25, 0.3) is 0 Å². The van der Waals surface area contributed by atoms with Gasteiger partial charge in [0.05, 0.1) is 0 Å². The number of alkyl halides is 1. The molecule has 0 aromatic rings. The first kappa shape index (κ1) is 7.98. The van der Waals surface area contributed by atoms with E-state index in [1.807, 2.05) is 0 Å². The lowest BCUT2D eigenvalue weighted by molar-refractivity contribution is 0.378. The summed E-state index contributed by atoms with van der Waals surface area (Å²) in [6, 6.07) is 0. The minimum atomic E-state index is -1.11. The summed E-state index contributed by atoms with van der Waals surface area (Å²) >= 11 is 11.1. The molecule has 0 radical (unpaired) electrons. The van der Waals surface area contributed by atoms with Gasteiger partial charge in [0.15, 0.2) is 0 Å². The van der Waals surface area contributed by atoms with Gasteiger partial charge in [-0.05, 0) is 6.92 Å². The maximum atomic E-state index is 12.0. The fourth-order valence-corrected chi connectivity index (χ4v) is 0. The fourth-order valence-electron chi connectivity index (χ4n) is 0. The molecule has 0 saturated heterocycles. The Morgan fingerprint density at radius 3 is 1.57 bits per heavy atom. The molecule has 0 aliphatic heterocycles. The van der Waals surface area contributed by atoms with Crippen molar-refractivity contribution >= 4 is 37.9 Å². The van der Waals surface area contributed by atoms with Crippen LogP contribution >= 0.6 is 37.9 Å². The summed E-state index contributed by atoms with van der Waals surface area (Å²) in [5.74, 6) is 0. The van der Waals surface area contributed by atoms with E-state index in [1.165, 1.54) is 6.92 Å². The van der Waals surface area contributed by atoms with Crippen LogP contribution in [0, 0.1) is 0 Å². The average molecular weight is 158 g/mol. The maximum absolute atomic E-state index is 12.0. The molecule has 4 heteroatoms. The fraction of sp³-hybridized carbons (Fsp3) is 1.00. The Bertz CT molecular complexity index is 55.7. The topological polar surface area (TPSA) is 0 Å². The largest absolute Gasteiger partial charge is 0.244 e. The molecule has 0 aliphatic rings. The van der Waals surface area contributed by atoms with Crippen molar-refractivity contribution in [2.45, 2.75) is 16.5 Å². The summed E-state index contributed by atoms with van der Waals surface area (Å²) in [7, 11) is 0. The third kappa shape index (κ3) is 3.55. The highest BCUT2D eigenvalue weighted by atomic mass is 32.2. The molecule has 0 aromatic carbocycles. The predicted molar refractivity (Wildman–Crippen MR) is 40.3 cm³/mol. The molecule has 1 unspecified atom stereocenters. The SMILES string of the molecule is CC(F)C(S)(S)S. The third-order valence-electron chi connectivity index (χ3n) is 0.534. The van der Waals surface area contributed by atoms with Crippen molar-refractivity contribution in [3.8, 4) is 0 Å². The quantitative estimate of drug-likeness (QED) is 0.376. The van der Waals surface area contributed by atoms with E-state index in [0.29, 0.717) is 0 Å². The Morgan fingerprint density at radius 1 is 1.43 bits per heavy atom. The lowest BCUT2D eigenvalue weighted by Gasteiger charge is -2.15. The van der Waals surface area contributed by atoms with Crippen LogP contribution in [0.3, 0.4) is 0 Å². The van der Waals surface area contributed by atoms with Crippen LogP contribution in [0.15, 0.2) is 0 Å². The molecule has 0 saturated carbocycles. The average Bonchev–Trinajstić information content (AvgIpc) is 1.31. The zero-order valence-corrected chi connectivity index (χ0v) is 6.48. The van der Waals surface area contributed by atoms with Gasteiger partial charge < -0.3 is 0 Å². The zero-order chi connectivity index (χ0) is 6.08. The van der Waals surface area contributed by atoms with E-state index in [1.54, 1.807) is 0 Å². The Morgan fingerprint density at radius 2 is 1.57 bits per heavy atom. The van der Waals surface area contributed by atoms with E-state index in [0.717, 1.165) is 0 Å². The standard InChI is InChI=1S/C3H7FS3/c1-2(4)3(5,6)7/h2,5-7H,1H3. The molecule has 7 heavy (non-hydrogen) atoms. The van der Waals surface area contributed by atoms with E-state index < -0.39 is 9.58 Å². The second-order valence-corrected chi connectivity index (χ2v) is 4.48. The molecule has 0 rings (SSSR count). The van der Waals surface area contributed by atoms with E-state index in [-0.39, 0.29) is 0 Å². The summed E-state index contributed by atoms with van der Waals surface area (Å²) in [6.45, 7) is 1.35. The summed E-state index contributed by atoms with van der Waals surface area (Å²) < 4.78 is 10.9. The number of rotatable bonds is 1. The van der Waals surface area contributed by atoms with Gasteiger partial charge >= 0.3 is 0 Å². The van der Waals surface area contributed by atoms with Gasteiger partial charge in [0.2, 0.25) is 0 Å². The molecule has 0 spiro atoms. The molecule has 0 heterocycles. The van der Waals surface area contributed by atoms with Crippen molar-refractivity contribution in [1.29, 1.82) is 0 Å². The van der Waals surface area contributed by atoms with Crippen LogP contribution < -0.4 is 0 Å². The molecule has 1 atom stereocenters. The summed E-state index contributed by atoms with van der Waals surface area (Å²) in [4.78, 5) is 0. The molecule has 0 aliphatic carbocycles. The highest BCUT2D eigenvalue weighted by Gasteiger charge is 2.22. The molecular weight excluding hydrogens is 151 g/mol. The van der Waals surface area contributed by atoms with Gasteiger partial charge in [0, 0.05) is 0 Å². The van der Waals surface area contributed by atoms with Crippen molar-refractivity contribution in [3.63, 3.8) is 0 Å². The number of halogens is 1. The maximum Gasteiger partial charge on any atom is 0.130 e. The second-order valence-electron chi connectivity index (χ2n) is 1.30. The van der Waals surface area contributed by atoms with E-state index in [4.69, 9.17) is 0 Å². The molecule has 0 nitrogen and oxygen atoms in total. The van der Waals surface area contributed by atoms with Gasteiger partial charge in [-0.2, -0.15) is 0 Å². The van der Waals surface area contributed by atoms with Crippen LogP contribution in [-0.2, 0) is 0 Å². The molecule has 0 bridgehead atoms. The van der Waals surface area contributed by atoms with Gasteiger partial charge in [0.25, 0.3) is 0 Å². The van der Waals surface area contributed by atoms with Gasteiger partial charge in [-0.25, -0.2) is 4.39 Å². The van der Waals surface area contributed by atoms with Crippen LogP contribution in [-0.4, -0.2) is 9.58 Å². The minimum Gasteiger partial charge on any atom is -0.244 e. The third-order valence-corrected chi connectivity index (χ3v) is 1.60. The summed E-state index contributed by atoms with van der Waals surface area (Å²) in [6.07, 6.45) is -1.11. The Balaban J connectivity index is 3.54. The van der Waals surface area contributed by atoms with Crippen molar-refractivity contribution < 1.29 is 4.39 Å². The van der Waals surface area contributed by atoms with Crippen molar-refractivity contribution in [3.05, 3.63) is 0 Å². The van der Waals surface area contributed by atoms with Crippen LogP contribution in [0.4, 0.5) is 4.39 Å². The van der Waals surface area contributed by atoms with Crippen molar-refractivity contribution in [2.75, 3.05) is 0 Å². The summed E-state index contributed by atoms with van der Waals surface area (Å²) in [5.41, 5.74) is 0. The van der Waals surface area contributed by atoms with E-state index in [2.05, 4.69) is 37.9 Å². The Hall–Kier alpha value is 0.980. The molecule has 0 N–H and O–H groups in total. The highest BCUT2D eigenvalue weighted by Crippen LogP contribution is 2.29. The first-order chi connectivity index (χ1) is 2.94. The lowest BCUT2D eigenvalue weighted by atomic mass is 10.5. The van der Waals surface area contributed by atoms with Crippen LogP contribution in [0.1, 0.15) is 6.92 Å². The monoisotopic (exact) mass is 158 g/mol. The van der Waals surface area contributed by atoms with Crippen molar-refractivity contribution in [1.82, 2.24) is 0 Å². The van der Waals surface area contributed by atoms with Gasteiger partial charge in [-0.3, -0.25) is 0 Å². The first-order valence-electron chi connectivity index (χ1n) is 1.76. The smallest absolute Gasteiger partial charge is 0.130 e. The molecular formula is C3H7FS3. The molecule has 0 fully saturated rings. The second kappa shape index (κ2) is 2.51. The van der Waals surface area contributed by atoms with E-state index in [9.17, 15) is 4.39 Å². The number of thiol groups is 3. The minimum absolute atomic E-state index is 1.08.